The van der Waals surface area contributed by atoms with Crippen molar-refractivity contribution in [1.82, 2.24) is 9.78 Å². The van der Waals surface area contributed by atoms with Crippen molar-refractivity contribution >= 4 is 0 Å². The number of rotatable bonds is 4. The Labute approximate surface area is 127 Å². The fourth-order valence-corrected chi connectivity index (χ4v) is 3.44. The lowest BCUT2D eigenvalue weighted by atomic mass is 9.97. The zero-order valence-corrected chi connectivity index (χ0v) is 13.0. The smallest absolute Gasteiger partial charge is 0.0643 e. The van der Waals surface area contributed by atoms with Crippen molar-refractivity contribution in [2.24, 2.45) is 5.73 Å². The van der Waals surface area contributed by atoms with Crippen molar-refractivity contribution in [3.8, 4) is 0 Å². The standard InChI is InChI=1S/C18H25N3/c1-13-7-8-17(14(2)11-13)18(19)12-15-9-10-21(20-15)16-5-3-4-6-16/h7-11,16,18H,3-6,12,19H2,1-2H3. The van der Waals surface area contributed by atoms with Gasteiger partial charge in [-0.1, -0.05) is 36.6 Å². The average Bonchev–Trinajstić information content (AvgIpc) is 3.08. The van der Waals surface area contributed by atoms with Gasteiger partial charge in [-0.05, 0) is 43.9 Å². The molecule has 3 rings (SSSR count). The normalized spacial score (nSPS) is 17.3. The zero-order chi connectivity index (χ0) is 14.8. The van der Waals surface area contributed by atoms with Gasteiger partial charge in [-0.15, -0.1) is 0 Å². The second kappa shape index (κ2) is 6.02. The number of nitrogens with zero attached hydrogens (tertiary/aromatic N) is 2. The first-order valence-electron chi connectivity index (χ1n) is 8.00. The summed E-state index contributed by atoms with van der Waals surface area (Å²) in [5.74, 6) is 0. The summed E-state index contributed by atoms with van der Waals surface area (Å²) in [6, 6.07) is 9.25. The molecule has 1 heterocycles. The highest BCUT2D eigenvalue weighted by Crippen LogP contribution is 2.29. The summed E-state index contributed by atoms with van der Waals surface area (Å²) in [6.45, 7) is 4.25. The molecular weight excluding hydrogens is 258 g/mol. The lowest BCUT2D eigenvalue weighted by Gasteiger charge is -2.14. The molecular formula is C18H25N3. The summed E-state index contributed by atoms with van der Waals surface area (Å²) < 4.78 is 2.15. The molecule has 112 valence electrons. The fraction of sp³-hybridized carbons (Fsp3) is 0.500. The van der Waals surface area contributed by atoms with Gasteiger partial charge in [-0.25, -0.2) is 0 Å². The lowest BCUT2D eigenvalue weighted by Crippen LogP contribution is -2.15. The second-order valence-corrected chi connectivity index (χ2v) is 6.40. The van der Waals surface area contributed by atoms with Crippen molar-refractivity contribution in [3.05, 3.63) is 52.8 Å². The van der Waals surface area contributed by atoms with Crippen molar-refractivity contribution in [2.75, 3.05) is 0 Å². The number of nitrogens with two attached hydrogens (primary N) is 1. The lowest BCUT2D eigenvalue weighted by molar-refractivity contribution is 0.461. The van der Waals surface area contributed by atoms with E-state index in [1.807, 2.05) is 0 Å². The average molecular weight is 283 g/mol. The van der Waals surface area contributed by atoms with Gasteiger partial charge in [0.2, 0.25) is 0 Å². The van der Waals surface area contributed by atoms with E-state index in [0.29, 0.717) is 6.04 Å². The Kier molecular flexibility index (Phi) is 4.11. The fourth-order valence-electron chi connectivity index (χ4n) is 3.44. The van der Waals surface area contributed by atoms with Crippen LogP contribution in [0.1, 0.15) is 60.2 Å². The van der Waals surface area contributed by atoms with Crippen LogP contribution in [0.3, 0.4) is 0 Å². The molecule has 0 aliphatic heterocycles. The molecule has 0 amide bonds. The third kappa shape index (κ3) is 3.18. The first-order valence-corrected chi connectivity index (χ1v) is 8.00. The molecule has 21 heavy (non-hydrogen) atoms. The summed E-state index contributed by atoms with van der Waals surface area (Å²) in [5.41, 5.74) is 11.3. The third-order valence-electron chi connectivity index (χ3n) is 4.62. The zero-order valence-electron chi connectivity index (χ0n) is 13.0. The molecule has 2 aromatic rings. The molecule has 1 saturated carbocycles. The molecule has 1 aliphatic carbocycles. The molecule has 1 aromatic carbocycles. The molecule has 3 heteroatoms. The summed E-state index contributed by atoms with van der Waals surface area (Å²) >= 11 is 0. The van der Waals surface area contributed by atoms with Crippen LogP contribution in [0.4, 0.5) is 0 Å². The van der Waals surface area contributed by atoms with Gasteiger partial charge in [-0.3, -0.25) is 4.68 Å². The van der Waals surface area contributed by atoms with Crippen molar-refractivity contribution in [1.29, 1.82) is 0 Å². The minimum atomic E-state index is 0.0255. The van der Waals surface area contributed by atoms with Crippen molar-refractivity contribution < 1.29 is 0 Å². The highest BCUT2D eigenvalue weighted by Gasteiger charge is 2.18. The van der Waals surface area contributed by atoms with E-state index in [-0.39, 0.29) is 6.04 Å². The van der Waals surface area contributed by atoms with E-state index in [4.69, 9.17) is 10.8 Å². The summed E-state index contributed by atoms with van der Waals surface area (Å²) in [5, 5.41) is 4.74. The van der Waals surface area contributed by atoms with Crippen molar-refractivity contribution in [2.45, 2.75) is 58.0 Å². The molecule has 1 unspecified atom stereocenters. The van der Waals surface area contributed by atoms with E-state index < -0.39 is 0 Å². The SMILES string of the molecule is Cc1ccc(C(N)Cc2ccn(C3CCCC3)n2)c(C)c1. The van der Waals surface area contributed by atoms with E-state index >= 15 is 0 Å². The monoisotopic (exact) mass is 283 g/mol. The molecule has 3 nitrogen and oxygen atoms in total. The van der Waals surface area contributed by atoms with E-state index in [0.717, 1.165) is 12.1 Å². The van der Waals surface area contributed by atoms with E-state index in [2.05, 4.69) is 49.0 Å². The van der Waals surface area contributed by atoms with Crippen LogP contribution < -0.4 is 5.73 Å². The maximum Gasteiger partial charge on any atom is 0.0643 e. The Morgan fingerprint density at radius 3 is 2.71 bits per heavy atom. The van der Waals surface area contributed by atoms with Crippen molar-refractivity contribution in [3.63, 3.8) is 0 Å². The minimum Gasteiger partial charge on any atom is -0.324 e. The predicted molar refractivity (Wildman–Crippen MR) is 86.3 cm³/mol. The highest BCUT2D eigenvalue weighted by atomic mass is 15.3. The summed E-state index contributed by atoms with van der Waals surface area (Å²) in [4.78, 5) is 0. The van der Waals surface area contributed by atoms with Gasteiger partial charge in [0.15, 0.2) is 0 Å². The number of aromatic nitrogens is 2. The Morgan fingerprint density at radius 2 is 2.00 bits per heavy atom. The van der Waals surface area contributed by atoms with Crippen LogP contribution in [0.5, 0.6) is 0 Å². The van der Waals surface area contributed by atoms with Gasteiger partial charge < -0.3 is 5.73 Å². The van der Waals surface area contributed by atoms with Crippen LogP contribution in [0.25, 0.3) is 0 Å². The van der Waals surface area contributed by atoms with E-state index in [1.165, 1.54) is 42.4 Å². The van der Waals surface area contributed by atoms with Crippen LogP contribution in [0.15, 0.2) is 30.5 Å². The van der Waals surface area contributed by atoms with Crippen LogP contribution in [-0.4, -0.2) is 9.78 Å². The van der Waals surface area contributed by atoms with Gasteiger partial charge in [0.05, 0.1) is 11.7 Å². The largest absolute Gasteiger partial charge is 0.324 e. The van der Waals surface area contributed by atoms with Gasteiger partial charge in [0.25, 0.3) is 0 Å². The minimum absolute atomic E-state index is 0.0255. The molecule has 2 N–H and O–H groups in total. The third-order valence-corrected chi connectivity index (χ3v) is 4.62. The van der Waals surface area contributed by atoms with Gasteiger partial charge in [0, 0.05) is 18.7 Å². The number of hydrogen-bond acceptors (Lipinski definition) is 2. The quantitative estimate of drug-likeness (QED) is 0.926. The maximum atomic E-state index is 6.39. The Balaban J connectivity index is 1.70. The molecule has 0 radical (unpaired) electrons. The first kappa shape index (κ1) is 14.3. The number of benzene rings is 1. The van der Waals surface area contributed by atoms with E-state index in [9.17, 15) is 0 Å². The summed E-state index contributed by atoms with van der Waals surface area (Å²) in [7, 11) is 0. The molecule has 0 bridgehead atoms. The van der Waals surface area contributed by atoms with Crippen LogP contribution in [-0.2, 0) is 6.42 Å². The molecule has 0 saturated heterocycles. The highest BCUT2D eigenvalue weighted by molar-refractivity contribution is 5.33. The Morgan fingerprint density at radius 1 is 1.24 bits per heavy atom. The number of hydrogen-bond donors (Lipinski definition) is 1. The first-order chi connectivity index (χ1) is 10.1. The van der Waals surface area contributed by atoms with Crippen LogP contribution in [0.2, 0.25) is 0 Å². The predicted octanol–water partition coefficient (Wildman–Crippen LogP) is 3.86. The maximum absolute atomic E-state index is 6.39. The van der Waals surface area contributed by atoms with E-state index in [1.54, 1.807) is 0 Å². The van der Waals surface area contributed by atoms with Crippen LogP contribution >= 0.6 is 0 Å². The number of aryl methyl sites for hydroxylation is 2. The second-order valence-electron chi connectivity index (χ2n) is 6.40. The topological polar surface area (TPSA) is 43.8 Å². The summed E-state index contributed by atoms with van der Waals surface area (Å²) in [6.07, 6.45) is 8.14. The molecule has 1 aromatic heterocycles. The van der Waals surface area contributed by atoms with Gasteiger partial charge >= 0.3 is 0 Å². The van der Waals surface area contributed by atoms with Gasteiger partial charge in [0.1, 0.15) is 0 Å². The Hall–Kier alpha value is -1.61. The molecule has 1 atom stereocenters. The molecule has 1 aliphatic rings. The van der Waals surface area contributed by atoms with Gasteiger partial charge in [-0.2, -0.15) is 5.10 Å². The molecule has 0 spiro atoms. The Bertz CT molecular complexity index is 609. The molecule has 1 fully saturated rings. The van der Waals surface area contributed by atoms with Crippen LogP contribution in [0, 0.1) is 13.8 Å².